The summed E-state index contributed by atoms with van der Waals surface area (Å²) in [6.07, 6.45) is 1.15. The SMILES string of the molecule is CCC(O)(CC)C(=O)c1ccc2c(c1)C(=O)c1cc(C(=O)C(O)(CC)CC)ccc1-2. The second kappa shape index (κ2) is 7.89. The maximum Gasteiger partial charge on any atom is 0.194 e. The van der Waals surface area contributed by atoms with Crippen LogP contribution in [-0.4, -0.2) is 38.8 Å². The van der Waals surface area contributed by atoms with Crippen molar-refractivity contribution >= 4 is 17.3 Å². The van der Waals surface area contributed by atoms with Gasteiger partial charge in [-0.05, 0) is 48.9 Å². The Bertz CT molecular complexity index is 944. The Kier molecular flexibility index (Phi) is 5.81. The molecule has 0 aliphatic heterocycles. The zero-order valence-corrected chi connectivity index (χ0v) is 17.9. The van der Waals surface area contributed by atoms with Gasteiger partial charge in [-0.15, -0.1) is 0 Å². The predicted octanol–water partition coefficient (Wildman–Crippen LogP) is 4.37. The molecule has 30 heavy (non-hydrogen) atoms. The monoisotopic (exact) mass is 408 g/mol. The van der Waals surface area contributed by atoms with Crippen molar-refractivity contribution in [3.05, 3.63) is 58.7 Å². The lowest BCUT2D eigenvalue weighted by molar-refractivity contribution is 0.0277. The molecule has 2 aromatic carbocycles. The van der Waals surface area contributed by atoms with Crippen molar-refractivity contribution in [1.82, 2.24) is 0 Å². The van der Waals surface area contributed by atoms with Crippen molar-refractivity contribution in [1.29, 1.82) is 0 Å². The van der Waals surface area contributed by atoms with Crippen LogP contribution >= 0.6 is 0 Å². The number of hydrogen-bond donors (Lipinski definition) is 2. The molecule has 0 unspecified atom stereocenters. The van der Waals surface area contributed by atoms with E-state index in [9.17, 15) is 24.6 Å². The van der Waals surface area contributed by atoms with Crippen LogP contribution in [0.5, 0.6) is 0 Å². The van der Waals surface area contributed by atoms with Gasteiger partial charge in [-0.3, -0.25) is 14.4 Å². The number of benzene rings is 2. The van der Waals surface area contributed by atoms with Gasteiger partial charge in [0.05, 0.1) is 0 Å². The molecule has 1 aliphatic carbocycles. The fourth-order valence-electron chi connectivity index (χ4n) is 4.04. The van der Waals surface area contributed by atoms with Crippen LogP contribution in [0.25, 0.3) is 11.1 Å². The molecule has 0 atom stereocenters. The van der Waals surface area contributed by atoms with E-state index in [0.717, 1.165) is 0 Å². The standard InChI is InChI=1S/C25H28O5/c1-5-24(29,6-2)22(27)15-9-11-17-18-12-10-16(23(28)25(30,7-3)8-4)14-20(18)21(26)19(17)13-15/h9-14,29-30H,5-8H2,1-4H3. The summed E-state index contributed by atoms with van der Waals surface area (Å²) in [5.74, 6) is -1.06. The van der Waals surface area contributed by atoms with Crippen molar-refractivity contribution in [3.8, 4) is 11.1 Å². The summed E-state index contributed by atoms with van der Waals surface area (Å²) < 4.78 is 0. The Morgan fingerprint density at radius 3 is 1.30 bits per heavy atom. The summed E-state index contributed by atoms with van der Waals surface area (Å²) in [4.78, 5) is 38.7. The van der Waals surface area contributed by atoms with Crippen molar-refractivity contribution in [3.63, 3.8) is 0 Å². The minimum absolute atomic E-state index is 0.266. The molecule has 0 bridgehead atoms. The maximum absolute atomic E-state index is 13.1. The molecule has 5 heteroatoms. The fraction of sp³-hybridized carbons (Fsp3) is 0.400. The first-order valence-electron chi connectivity index (χ1n) is 10.5. The highest BCUT2D eigenvalue weighted by Crippen LogP contribution is 2.39. The van der Waals surface area contributed by atoms with Crippen LogP contribution in [0.15, 0.2) is 36.4 Å². The molecule has 2 N–H and O–H groups in total. The van der Waals surface area contributed by atoms with Crippen molar-refractivity contribution in [2.75, 3.05) is 0 Å². The van der Waals surface area contributed by atoms with Crippen molar-refractivity contribution in [2.45, 2.75) is 64.6 Å². The average molecular weight is 408 g/mol. The van der Waals surface area contributed by atoms with Crippen LogP contribution in [0.3, 0.4) is 0 Å². The highest BCUT2D eigenvalue weighted by atomic mass is 16.3. The Morgan fingerprint density at radius 2 is 1.00 bits per heavy atom. The van der Waals surface area contributed by atoms with E-state index in [1.807, 2.05) is 0 Å². The van der Waals surface area contributed by atoms with E-state index in [0.29, 0.717) is 33.4 Å². The summed E-state index contributed by atoms with van der Waals surface area (Å²) in [7, 11) is 0. The first-order chi connectivity index (χ1) is 14.2. The van der Waals surface area contributed by atoms with Gasteiger partial charge in [-0.2, -0.15) is 0 Å². The molecule has 0 spiro atoms. The lowest BCUT2D eigenvalue weighted by Gasteiger charge is -2.23. The molecule has 0 saturated carbocycles. The molecule has 2 aromatic rings. The number of carbonyl (C=O) groups is 3. The fourth-order valence-corrected chi connectivity index (χ4v) is 4.04. The highest BCUT2D eigenvalue weighted by Gasteiger charge is 2.36. The van der Waals surface area contributed by atoms with Crippen molar-refractivity contribution in [2.24, 2.45) is 0 Å². The van der Waals surface area contributed by atoms with Gasteiger partial charge in [0.1, 0.15) is 11.2 Å². The summed E-state index contributed by atoms with van der Waals surface area (Å²) in [5, 5.41) is 21.1. The number of carbonyl (C=O) groups excluding carboxylic acids is 3. The summed E-state index contributed by atoms with van der Waals surface area (Å²) in [6.45, 7) is 7.01. The molecule has 5 nitrogen and oxygen atoms in total. The minimum atomic E-state index is -1.45. The molecule has 3 rings (SSSR count). The van der Waals surface area contributed by atoms with Crippen LogP contribution in [0, 0.1) is 0 Å². The molecule has 0 aromatic heterocycles. The molecule has 0 amide bonds. The first kappa shape index (κ1) is 22.1. The van der Waals surface area contributed by atoms with Gasteiger partial charge in [0, 0.05) is 22.3 Å². The number of Topliss-reactive ketones (excluding diaryl/α,β-unsaturated/α-hetero) is 2. The van der Waals surface area contributed by atoms with Gasteiger partial charge in [-0.25, -0.2) is 0 Å². The zero-order valence-electron chi connectivity index (χ0n) is 17.9. The molecular weight excluding hydrogens is 380 g/mol. The average Bonchev–Trinajstić information content (AvgIpc) is 3.07. The van der Waals surface area contributed by atoms with E-state index in [4.69, 9.17) is 0 Å². The first-order valence-corrected chi connectivity index (χ1v) is 10.5. The molecule has 0 radical (unpaired) electrons. The van der Waals surface area contributed by atoms with Crippen LogP contribution < -0.4 is 0 Å². The van der Waals surface area contributed by atoms with E-state index in [-0.39, 0.29) is 31.5 Å². The number of aliphatic hydroxyl groups is 2. The molecule has 0 fully saturated rings. The molecule has 0 heterocycles. The van der Waals surface area contributed by atoms with E-state index < -0.39 is 22.8 Å². The van der Waals surface area contributed by atoms with Gasteiger partial charge in [0.2, 0.25) is 0 Å². The number of fused-ring (bicyclic) bond motifs is 3. The lowest BCUT2D eigenvalue weighted by Crippen LogP contribution is -2.37. The molecule has 1 aliphatic rings. The highest BCUT2D eigenvalue weighted by molar-refractivity contribution is 6.23. The van der Waals surface area contributed by atoms with Gasteiger partial charge >= 0.3 is 0 Å². The van der Waals surface area contributed by atoms with E-state index in [2.05, 4.69) is 0 Å². The Balaban J connectivity index is 2.02. The quantitative estimate of drug-likeness (QED) is 0.540. The van der Waals surface area contributed by atoms with Crippen LogP contribution in [-0.2, 0) is 0 Å². The predicted molar refractivity (Wildman–Crippen MR) is 115 cm³/mol. The smallest absolute Gasteiger partial charge is 0.194 e. The van der Waals surface area contributed by atoms with Crippen LogP contribution in [0.2, 0.25) is 0 Å². The third kappa shape index (κ3) is 3.32. The van der Waals surface area contributed by atoms with Crippen LogP contribution in [0.1, 0.15) is 90.0 Å². The van der Waals surface area contributed by atoms with E-state index in [1.54, 1.807) is 52.0 Å². The Morgan fingerprint density at radius 1 is 0.667 bits per heavy atom. The van der Waals surface area contributed by atoms with E-state index >= 15 is 0 Å². The second-order valence-electron chi connectivity index (χ2n) is 7.99. The topological polar surface area (TPSA) is 91.7 Å². The van der Waals surface area contributed by atoms with Gasteiger partial charge in [0.25, 0.3) is 0 Å². The maximum atomic E-state index is 13.1. The molecular formula is C25H28O5. The van der Waals surface area contributed by atoms with Gasteiger partial charge in [-0.1, -0.05) is 52.0 Å². The Hall–Kier alpha value is -2.63. The zero-order chi connectivity index (χ0) is 22.3. The van der Waals surface area contributed by atoms with Crippen LogP contribution in [0.4, 0.5) is 0 Å². The molecule has 0 saturated heterocycles. The summed E-state index contributed by atoms with van der Waals surface area (Å²) in [5.41, 5.74) is -0.146. The lowest BCUT2D eigenvalue weighted by atomic mass is 9.87. The third-order valence-corrected chi connectivity index (χ3v) is 6.53. The molecule has 158 valence electrons. The minimum Gasteiger partial charge on any atom is -0.382 e. The summed E-state index contributed by atoms with van der Waals surface area (Å²) >= 11 is 0. The third-order valence-electron chi connectivity index (χ3n) is 6.53. The van der Waals surface area contributed by atoms with Crippen molar-refractivity contribution < 1.29 is 24.6 Å². The number of rotatable bonds is 8. The van der Waals surface area contributed by atoms with Gasteiger partial charge < -0.3 is 10.2 Å². The largest absolute Gasteiger partial charge is 0.382 e. The van der Waals surface area contributed by atoms with Gasteiger partial charge in [0.15, 0.2) is 17.3 Å². The Labute approximate surface area is 176 Å². The summed E-state index contributed by atoms with van der Waals surface area (Å²) in [6, 6.07) is 9.76. The number of hydrogen-bond acceptors (Lipinski definition) is 5. The normalized spacial score (nSPS) is 13.2. The van der Waals surface area contributed by atoms with E-state index in [1.165, 1.54) is 12.1 Å². The second-order valence-corrected chi connectivity index (χ2v) is 7.99. The number of ketones is 3.